The summed E-state index contributed by atoms with van der Waals surface area (Å²) in [6.45, 7) is 1.50. The van der Waals surface area contributed by atoms with Gasteiger partial charge in [-0.1, -0.05) is 13.8 Å². The van der Waals surface area contributed by atoms with Gasteiger partial charge < -0.3 is 9.47 Å². The lowest BCUT2D eigenvalue weighted by molar-refractivity contribution is -0.322. The van der Waals surface area contributed by atoms with E-state index in [0.29, 0.717) is 0 Å². The minimum atomic E-state index is -6.13. The molecule has 0 N–H and O–H groups in total. The van der Waals surface area contributed by atoms with Crippen molar-refractivity contribution in [3.8, 4) is 0 Å². The molecule has 2 atom stereocenters. The summed E-state index contributed by atoms with van der Waals surface area (Å²) in [6.07, 6.45) is -23.3. The van der Waals surface area contributed by atoms with Crippen LogP contribution in [-0.2, 0) is 9.47 Å². The number of hydrogen-bond acceptors (Lipinski definition) is 3. The zero-order valence-electron chi connectivity index (χ0n) is 12.1. The lowest BCUT2D eigenvalue weighted by Gasteiger charge is -2.30. The second-order valence-electron chi connectivity index (χ2n) is 4.52. The van der Waals surface area contributed by atoms with E-state index in [1.54, 1.807) is 0 Å². The van der Waals surface area contributed by atoms with Crippen LogP contribution in [0.25, 0.3) is 0 Å². The van der Waals surface area contributed by atoms with Crippen molar-refractivity contribution < 1.29 is 58.2 Å². The SMILES string of the molecule is CCC(OC(=O)OC(CC)C(F)(F)C(F)(F)F)C(F)(F)C(F)(F)F. The molecule has 144 valence electrons. The first-order valence-corrected chi connectivity index (χ1v) is 6.28. The first kappa shape index (κ1) is 22.6. The van der Waals surface area contributed by atoms with Crippen LogP contribution in [0.3, 0.4) is 0 Å². The Morgan fingerprint density at radius 1 is 0.708 bits per heavy atom. The van der Waals surface area contributed by atoms with E-state index in [4.69, 9.17) is 0 Å². The van der Waals surface area contributed by atoms with Crippen LogP contribution >= 0.6 is 0 Å². The Bertz CT molecular complexity index is 391. The van der Waals surface area contributed by atoms with E-state index in [0.717, 1.165) is 13.8 Å². The number of alkyl halides is 10. The van der Waals surface area contributed by atoms with Crippen LogP contribution in [0.4, 0.5) is 48.7 Å². The summed E-state index contributed by atoms with van der Waals surface area (Å²) >= 11 is 0. The van der Waals surface area contributed by atoms with Crippen molar-refractivity contribution in [2.45, 2.75) is 63.1 Å². The Kier molecular flexibility index (Phi) is 6.78. The van der Waals surface area contributed by atoms with Gasteiger partial charge in [-0.15, -0.1) is 0 Å². The predicted molar refractivity (Wildman–Crippen MR) is 57.7 cm³/mol. The molecule has 0 spiro atoms. The molecule has 0 aromatic heterocycles. The molecule has 0 bridgehead atoms. The predicted octanol–water partition coefficient (Wildman–Crippen LogP) is 5.09. The molecule has 0 amide bonds. The fraction of sp³-hybridized carbons (Fsp3) is 0.909. The van der Waals surface area contributed by atoms with E-state index in [9.17, 15) is 48.7 Å². The Hall–Kier alpha value is -1.43. The van der Waals surface area contributed by atoms with Crippen molar-refractivity contribution in [2.75, 3.05) is 0 Å². The molecule has 0 radical (unpaired) electrons. The molecule has 13 heteroatoms. The lowest BCUT2D eigenvalue weighted by Crippen LogP contribution is -2.51. The second-order valence-corrected chi connectivity index (χ2v) is 4.52. The zero-order valence-corrected chi connectivity index (χ0v) is 12.1. The summed E-state index contributed by atoms with van der Waals surface area (Å²) < 4.78 is 132. The molecule has 0 heterocycles. The topological polar surface area (TPSA) is 35.5 Å². The monoisotopic (exact) mass is 382 g/mol. The molecular formula is C11H12F10O3. The third kappa shape index (κ3) is 4.79. The van der Waals surface area contributed by atoms with Gasteiger partial charge in [0.05, 0.1) is 0 Å². The van der Waals surface area contributed by atoms with Crippen LogP contribution in [-0.4, -0.2) is 42.6 Å². The summed E-state index contributed by atoms with van der Waals surface area (Å²) in [5.74, 6) is -11.1. The highest BCUT2D eigenvalue weighted by Crippen LogP contribution is 2.42. The van der Waals surface area contributed by atoms with Gasteiger partial charge in [0.15, 0.2) is 12.2 Å². The first-order valence-electron chi connectivity index (χ1n) is 6.28. The number of halogens is 10. The molecule has 3 nitrogen and oxygen atoms in total. The Morgan fingerprint density at radius 2 is 0.958 bits per heavy atom. The summed E-state index contributed by atoms with van der Waals surface area (Å²) in [5, 5.41) is 0. The summed E-state index contributed by atoms with van der Waals surface area (Å²) in [4.78, 5) is 11.1. The van der Waals surface area contributed by atoms with Gasteiger partial charge in [0.25, 0.3) is 0 Å². The van der Waals surface area contributed by atoms with Crippen molar-refractivity contribution >= 4 is 6.16 Å². The maximum atomic E-state index is 13.0. The Morgan fingerprint density at radius 3 is 1.12 bits per heavy atom. The number of carbonyl (C=O) groups excluding carboxylic acids is 1. The molecule has 0 fully saturated rings. The molecule has 0 saturated heterocycles. The van der Waals surface area contributed by atoms with Crippen LogP contribution in [0.5, 0.6) is 0 Å². The van der Waals surface area contributed by atoms with Crippen molar-refractivity contribution in [3.63, 3.8) is 0 Å². The van der Waals surface area contributed by atoms with Gasteiger partial charge in [0.2, 0.25) is 0 Å². The molecule has 0 saturated carbocycles. The van der Waals surface area contributed by atoms with Crippen molar-refractivity contribution in [3.05, 3.63) is 0 Å². The fourth-order valence-corrected chi connectivity index (χ4v) is 1.45. The molecule has 2 unspecified atom stereocenters. The molecule has 0 aliphatic rings. The Balaban J connectivity index is 5.18. The molecular weight excluding hydrogens is 370 g/mol. The highest BCUT2D eigenvalue weighted by atomic mass is 19.4. The summed E-state index contributed by atoms with van der Waals surface area (Å²) in [5.41, 5.74) is 0. The van der Waals surface area contributed by atoms with Gasteiger partial charge in [-0.3, -0.25) is 0 Å². The zero-order chi connectivity index (χ0) is 19.6. The molecule has 0 aromatic carbocycles. The standard InChI is InChI=1S/C11H12F10O3/c1-3-5(8(12,13)10(16,17)18)23-7(22)24-6(4-2)9(14,15)11(19,20)21/h5-6H,3-4H2,1-2H3. The number of ether oxygens (including phenoxy) is 2. The molecule has 0 rings (SSSR count). The third-order valence-corrected chi connectivity index (χ3v) is 2.78. The van der Waals surface area contributed by atoms with Crippen LogP contribution < -0.4 is 0 Å². The van der Waals surface area contributed by atoms with E-state index >= 15 is 0 Å². The largest absolute Gasteiger partial charge is 0.509 e. The van der Waals surface area contributed by atoms with Crippen molar-refractivity contribution in [1.29, 1.82) is 0 Å². The molecule has 0 aliphatic carbocycles. The fourth-order valence-electron chi connectivity index (χ4n) is 1.45. The van der Waals surface area contributed by atoms with E-state index in [2.05, 4.69) is 9.47 Å². The van der Waals surface area contributed by atoms with Crippen LogP contribution in [0.2, 0.25) is 0 Å². The lowest BCUT2D eigenvalue weighted by atomic mass is 10.1. The number of carbonyl (C=O) groups is 1. The van der Waals surface area contributed by atoms with Crippen LogP contribution in [0, 0.1) is 0 Å². The molecule has 24 heavy (non-hydrogen) atoms. The summed E-state index contributed by atoms with van der Waals surface area (Å²) in [6, 6.07) is 0. The first-order chi connectivity index (χ1) is 10.5. The Labute approximate surface area is 128 Å². The average Bonchev–Trinajstić information content (AvgIpc) is 2.38. The maximum Gasteiger partial charge on any atom is 0.509 e. The maximum absolute atomic E-state index is 13.0. The van der Waals surface area contributed by atoms with E-state index < -0.39 is 55.4 Å². The quantitative estimate of drug-likeness (QED) is 0.474. The summed E-state index contributed by atoms with van der Waals surface area (Å²) in [7, 11) is 0. The highest BCUT2D eigenvalue weighted by Gasteiger charge is 2.65. The van der Waals surface area contributed by atoms with E-state index in [-0.39, 0.29) is 0 Å². The van der Waals surface area contributed by atoms with E-state index in [1.807, 2.05) is 0 Å². The second kappa shape index (κ2) is 7.21. The van der Waals surface area contributed by atoms with Crippen LogP contribution in [0.1, 0.15) is 26.7 Å². The average molecular weight is 382 g/mol. The van der Waals surface area contributed by atoms with E-state index in [1.165, 1.54) is 0 Å². The van der Waals surface area contributed by atoms with Crippen LogP contribution in [0.15, 0.2) is 0 Å². The highest BCUT2D eigenvalue weighted by molar-refractivity contribution is 5.60. The van der Waals surface area contributed by atoms with Gasteiger partial charge in [-0.05, 0) is 12.8 Å². The van der Waals surface area contributed by atoms with Gasteiger partial charge >= 0.3 is 30.4 Å². The molecule has 0 aliphatic heterocycles. The van der Waals surface area contributed by atoms with Gasteiger partial charge in [0.1, 0.15) is 0 Å². The van der Waals surface area contributed by atoms with Gasteiger partial charge in [-0.25, -0.2) is 4.79 Å². The van der Waals surface area contributed by atoms with Gasteiger partial charge in [0, 0.05) is 0 Å². The number of rotatable bonds is 6. The minimum Gasteiger partial charge on any atom is -0.424 e. The number of hydrogen-bond donors (Lipinski definition) is 0. The molecule has 0 aromatic rings. The minimum absolute atomic E-state index is 0.749. The normalized spacial score (nSPS) is 16.5. The third-order valence-electron chi connectivity index (χ3n) is 2.78. The smallest absolute Gasteiger partial charge is 0.424 e. The van der Waals surface area contributed by atoms with Crippen molar-refractivity contribution in [2.24, 2.45) is 0 Å². The van der Waals surface area contributed by atoms with Gasteiger partial charge in [-0.2, -0.15) is 43.9 Å². The van der Waals surface area contributed by atoms with Crippen molar-refractivity contribution in [1.82, 2.24) is 0 Å².